The topological polar surface area (TPSA) is 30.7 Å². The highest BCUT2D eigenvalue weighted by Gasteiger charge is 2.13. The molecule has 5 heteroatoms. The Morgan fingerprint density at radius 2 is 1.14 bits per heavy atom. The third-order valence-electron chi connectivity index (χ3n) is 3.27. The summed E-state index contributed by atoms with van der Waals surface area (Å²) in [6.45, 7) is 2.93. The number of hydrogen-bond donors (Lipinski definition) is 0. The molecule has 0 aliphatic carbocycles. The van der Waals surface area contributed by atoms with E-state index < -0.39 is 0 Å². The lowest BCUT2D eigenvalue weighted by molar-refractivity contribution is 0.775. The van der Waals surface area contributed by atoms with Gasteiger partial charge in [0.1, 0.15) is 0 Å². The molecule has 0 saturated carbocycles. The van der Waals surface area contributed by atoms with Crippen LogP contribution in [-0.4, -0.2) is 14.8 Å². The summed E-state index contributed by atoms with van der Waals surface area (Å²) in [5.74, 6) is 1.78. The molecule has 0 bridgehead atoms. The van der Waals surface area contributed by atoms with Crippen LogP contribution in [0, 0.1) is 0 Å². The molecule has 0 spiro atoms. The first-order valence-electron chi connectivity index (χ1n) is 6.64. The van der Waals surface area contributed by atoms with E-state index in [2.05, 4.69) is 53.5 Å². The fourth-order valence-corrected chi connectivity index (χ4v) is 2.76. The monoisotopic (exact) mass is 405 g/mol. The fourth-order valence-electron chi connectivity index (χ4n) is 2.23. The van der Waals surface area contributed by atoms with Crippen molar-refractivity contribution in [3.05, 3.63) is 57.5 Å². The third kappa shape index (κ3) is 2.94. The van der Waals surface area contributed by atoms with E-state index in [1.165, 1.54) is 0 Å². The molecule has 0 saturated heterocycles. The largest absolute Gasteiger partial charge is 0.307 e. The minimum absolute atomic E-state index is 0.823. The molecule has 0 aliphatic rings. The molecule has 3 nitrogen and oxygen atoms in total. The molecular weight excluding hydrogens is 394 g/mol. The van der Waals surface area contributed by atoms with Crippen LogP contribution in [0.15, 0.2) is 57.5 Å². The molecule has 106 valence electrons. The summed E-state index contributed by atoms with van der Waals surface area (Å²) < 4.78 is 4.25. The van der Waals surface area contributed by atoms with E-state index >= 15 is 0 Å². The number of hydrogen-bond acceptors (Lipinski definition) is 2. The van der Waals surface area contributed by atoms with Gasteiger partial charge in [0.15, 0.2) is 11.6 Å². The molecule has 3 rings (SSSR count). The van der Waals surface area contributed by atoms with Crippen molar-refractivity contribution < 1.29 is 0 Å². The molecule has 3 aromatic rings. The highest BCUT2D eigenvalue weighted by Crippen LogP contribution is 2.26. The van der Waals surface area contributed by atoms with Crippen LogP contribution in [0.5, 0.6) is 0 Å². The van der Waals surface area contributed by atoms with Gasteiger partial charge in [0.25, 0.3) is 0 Å². The van der Waals surface area contributed by atoms with Crippen LogP contribution in [0.4, 0.5) is 0 Å². The summed E-state index contributed by atoms with van der Waals surface area (Å²) >= 11 is 6.91. The van der Waals surface area contributed by atoms with Gasteiger partial charge < -0.3 is 4.57 Å². The standard InChI is InChI=1S/C16H13Br2N3/c1-2-21-15(11-3-7-13(17)8-4-11)19-20-16(21)12-5-9-14(18)10-6-12/h3-10H,2H2,1H3. The van der Waals surface area contributed by atoms with E-state index in [0.717, 1.165) is 38.3 Å². The van der Waals surface area contributed by atoms with E-state index in [1.807, 2.05) is 48.5 Å². The maximum atomic E-state index is 4.37. The highest BCUT2D eigenvalue weighted by atomic mass is 79.9. The van der Waals surface area contributed by atoms with Crippen molar-refractivity contribution in [2.75, 3.05) is 0 Å². The quantitative estimate of drug-likeness (QED) is 0.601. The van der Waals surface area contributed by atoms with Crippen molar-refractivity contribution in [2.45, 2.75) is 13.5 Å². The summed E-state index contributed by atoms with van der Waals surface area (Å²) in [5, 5.41) is 8.74. The normalized spacial score (nSPS) is 10.8. The number of nitrogens with zero attached hydrogens (tertiary/aromatic N) is 3. The molecule has 0 N–H and O–H groups in total. The van der Waals surface area contributed by atoms with Crippen molar-refractivity contribution in [1.29, 1.82) is 0 Å². The second kappa shape index (κ2) is 6.12. The third-order valence-corrected chi connectivity index (χ3v) is 4.33. The van der Waals surface area contributed by atoms with E-state index in [1.54, 1.807) is 0 Å². The Hall–Kier alpha value is -1.46. The van der Waals surface area contributed by atoms with Crippen LogP contribution in [-0.2, 0) is 6.54 Å². The van der Waals surface area contributed by atoms with Gasteiger partial charge in [-0.25, -0.2) is 0 Å². The second-order valence-corrected chi connectivity index (χ2v) is 6.44. The SMILES string of the molecule is CCn1c(-c2ccc(Br)cc2)nnc1-c1ccc(Br)cc1. The van der Waals surface area contributed by atoms with E-state index in [4.69, 9.17) is 0 Å². The minimum Gasteiger partial charge on any atom is -0.307 e. The van der Waals surface area contributed by atoms with Gasteiger partial charge in [-0.1, -0.05) is 56.1 Å². The first kappa shape index (κ1) is 14.5. The summed E-state index contributed by atoms with van der Waals surface area (Å²) in [6.07, 6.45) is 0. The van der Waals surface area contributed by atoms with Gasteiger partial charge in [0, 0.05) is 26.6 Å². The van der Waals surface area contributed by atoms with Crippen LogP contribution in [0.25, 0.3) is 22.8 Å². The van der Waals surface area contributed by atoms with Gasteiger partial charge in [0.05, 0.1) is 0 Å². The average Bonchev–Trinajstić information content (AvgIpc) is 2.92. The van der Waals surface area contributed by atoms with Crippen LogP contribution in [0.3, 0.4) is 0 Å². The zero-order valence-electron chi connectivity index (χ0n) is 11.4. The van der Waals surface area contributed by atoms with Crippen molar-refractivity contribution in [2.24, 2.45) is 0 Å². The number of aromatic nitrogens is 3. The molecule has 1 heterocycles. The smallest absolute Gasteiger partial charge is 0.164 e. The van der Waals surface area contributed by atoms with Crippen molar-refractivity contribution in [3.8, 4) is 22.8 Å². The Kier molecular flexibility index (Phi) is 4.22. The van der Waals surface area contributed by atoms with Crippen molar-refractivity contribution in [1.82, 2.24) is 14.8 Å². The Morgan fingerprint density at radius 1 is 0.762 bits per heavy atom. The number of halogens is 2. The molecule has 0 amide bonds. The Bertz CT molecular complexity index is 683. The van der Waals surface area contributed by atoms with Crippen LogP contribution in [0.2, 0.25) is 0 Å². The lowest BCUT2D eigenvalue weighted by Gasteiger charge is -2.08. The molecule has 2 aromatic carbocycles. The summed E-state index contributed by atoms with van der Waals surface area (Å²) in [6, 6.07) is 16.3. The molecule has 0 aliphatic heterocycles. The van der Waals surface area contributed by atoms with E-state index in [-0.39, 0.29) is 0 Å². The Morgan fingerprint density at radius 3 is 1.48 bits per heavy atom. The van der Waals surface area contributed by atoms with Gasteiger partial charge >= 0.3 is 0 Å². The van der Waals surface area contributed by atoms with Crippen LogP contribution >= 0.6 is 31.9 Å². The highest BCUT2D eigenvalue weighted by molar-refractivity contribution is 9.10. The van der Waals surface area contributed by atoms with Gasteiger partial charge in [-0.2, -0.15) is 0 Å². The van der Waals surface area contributed by atoms with Crippen molar-refractivity contribution >= 4 is 31.9 Å². The summed E-state index contributed by atoms with van der Waals surface area (Å²) in [7, 11) is 0. The minimum atomic E-state index is 0.823. The Balaban J connectivity index is 2.08. The molecular formula is C16H13Br2N3. The predicted molar refractivity (Wildman–Crippen MR) is 92.0 cm³/mol. The average molecular weight is 407 g/mol. The number of benzene rings is 2. The zero-order chi connectivity index (χ0) is 14.8. The number of rotatable bonds is 3. The van der Waals surface area contributed by atoms with E-state index in [9.17, 15) is 0 Å². The Labute approximate surface area is 140 Å². The van der Waals surface area contributed by atoms with Gasteiger partial charge in [-0.05, 0) is 31.2 Å². The fraction of sp³-hybridized carbons (Fsp3) is 0.125. The maximum Gasteiger partial charge on any atom is 0.164 e. The van der Waals surface area contributed by atoms with Crippen molar-refractivity contribution in [3.63, 3.8) is 0 Å². The van der Waals surface area contributed by atoms with Gasteiger partial charge in [-0.3, -0.25) is 0 Å². The zero-order valence-corrected chi connectivity index (χ0v) is 14.6. The van der Waals surface area contributed by atoms with Crippen LogP contribution in [0.1, 0.15) is 6.92 Å². The molecule has 0 fully saturated rings. The molecule has 0 radical (unpaired) electrons. The predicted octanol–water partition coefficient (Wildman–Crippen LogP) is 5.16. The molecule has 21 heavy (non-hydrogen) atoms. The van der Waals surface area contributed by atoms with Crippen LogP contribution < -0.4 is 0 Å². The summed E-state index contributed by atoms with van der Waals surface area (Å²) in [4.78, 5) is 0. The van der Waals surface area contributed by atoms with E-state index in [0.29, 0.717) is 0 Å². The summed E-state index contributed by atoms with van der Waals surface area (Å²) in [5.41, 5.74) is 2.13. The molecule has 1 aromatic heterocycles. The molecule has 0 atom stereocenters. The molecule has 0 unspecified atom stereocenters. The van der Waals surface area contributed by atoms with Gasteiger partial charge in [-0.15, -0.1) is 10.2 Å². The first-order chi connectivity index (χ1) is 10.2. The first-order valence-corrected chi connectivity index (χ1v) is 8.22. The lowest BCUT2D eigenvalue weighted by atomic mass is 10.2. The van der Waals surface area contributed by atoms with Gasteiger partial charge in [0.2, 0.25) is 0 Å². The maximum absolute atomic E-state index is 4.37. The lowest BCUT2D eigenvalue weighted by Crippen LogP contribution is -2.00. The second-order valence-electron chi connectivity index (χ2n) is 4.61.